The van der Waals surface area contributed by atoms with Gasteiger partial charge in [-0.1, -0.05) is 13.8 Å². The largest absolute Gasteiger partial charge is 0.460 e. The van der Waals surface area contributed by atoms with E-state index in [1.165, 1.54) is 4.90 Å². The zero-order valence-electron chi connectivity index (χ0n) is 13.5. The second-order valence-electron chi connectivity index (χ2n) is 7.17. The van der Waals surface area contributed by atoms with Gasteiger partial charge in [0.2, 0.25) is 0 Å². The lowest BCUT2D eigenvalue weighted by molar-refractivity contribution is -0.192. The minimum atomic E-state index is -4.23. The van der Waals surface area contributed by atoms with Crippen LogP contribution in [-0.2, 0) is 9.53 Å². The molecule has 21 heavy (non-hydrogen) atoms. The maximum Gasteiger partial charge on any atom is 0.404 e. The Balaban J connectivity index is 2.57. The summed E-state index contributed by atoms with van der Waals surface area (Å²) in [5, 5.41) is 0. The summed E-state index contributed by atoms with van der Waals surface area (Å²) in [5.74, 6) is -0.879. The van der Waals surface area contributed by atoms with Crippen LogP contribution in [0, 0.1) is 11.8 Å². The molecule has 1 aliphatic rings. The lowest BCUT2D eigenvalue weighted by Gasteiger charge is -2.32. The second kappa shape index (κ2) is 6.55. The molecule has 0 spiro atoms. The molecular weight excluding hydrogens is 283 g/mol. The molecule has 0 N–H and O–H groups in total. The maximum absolute atomic E-state index is 13.1. The van der Waals surface area contributed by atoms with Gasteiger partial charge in [0.05, 0.1) is 0 Å². The van der Waals surface area contributed by atoms with E-state index >= 15 is 0 Å². The Kier molecular flexibility index (Phi) is 5.69. The number of halogens is 3. The lowest BCUT2D eigenvalue weighted by atomic mass is 10.0. The zero-order valence-corrected chi connectivity index (χ0v) is 13.5. The van der Waals surface area contributed by atoms with Crippen molar-refractivity contribution in [1.29, 1.82) is 0 Å². The predicted molar refractivity (Wildman–Crippen MR) is 74.8 cm³/mol. The van der Waals surface area contributed by atoms with Gasteiger partial charge in [0.15, 0.2) is 0 Å². The number of likely N-dealkylation sites (tertiary alicyclic amines) is 1. The molecule has 0 aliphatic carbocycles. The quantitative estimate of drug-likeness (QED) is 0.743. The molecular formula is C15H26F3NO2. The van der Waals surface area contributed by atoms with Crippen molar-refractivity contribution in [2.75, 3.05) is 13.1 Å². The van der Waals surface area contributed by atoms with E-state index in [1.807, 2.05) is 0 Å². The van der Waals surface area contributed by atoms with Crippen LogP contribution in [0.5, 0.6) is 0 Å². The molecule has 124 valence electrons. The average molecular weight is 309 g/mol. The fourth-order valence-electron chi connectivity index (χ4n) is 2.91. The molecule has 0 radical (unpaired) electrons. The number of ether oxygens (including phenoxy) is 1. The van der Waals surface area contributed by atoms with Crippen LogP contribution >= 0.6 is 0 Å². The number of nitrogens with zero attached hydrogens (tertiary/aromatic N) is 1. The molecule has 1 fully saturated rings. The van der Waals surface area contributed by atoms with Crippen LogP contribution in [0.15, 0.2) is 0 Å². The van der Waals surface area contributed by atoms with Crippen molar-refractivity contribution in [3.63, 3.8) is 0 Å². The molecule has 6 heteroatoms. The molecule has 0 aromatic carbocycles. The van der Waals surface area contributed by atoms with Gasteiger partial charge in [0, 0.05) is 13.0 Å². The van der Waals surface area contributed by atoms with Crippen LogP contribution in [0.3, 0.4) is 0 Å². The Morgan fingerprint density at radius 2 is 1.86 bits per heavy atom. The zero-order chi connectivity index (χ0) is 16.4. The van der Waals surface area contributed by atoms with Gasteiger partial charge in [0.25, 0.3) is 0 Å². The SMILES string of the molecule is CC(C)C(N1CCC(CC(=O)OC(C)(C)C)C1)C(F)(F)F. The number of alkyl halides is 3. The number of esters is 1. The highest BCUT2D eigenvalue weighted by molar-refractivity contribution is 5.70. The van der Waals surface area contributed by atoms with Crippen LogP contribution < -0.4 is 0 Å². The predicted octanol–water partition coefficient (Wildman–Crippen LogP) is 3.63. The molecule has 1 rings (SSSR count). The summed E-state index contributed by atoms with van der Waals surface area (Å²) in [5.41, 5.74) is -0.554. The fourth-order valence-corrected chi connectivity index (χ4v) is 2.91. The van der Waals surface area contributed by atoms with E-state index in [0.29, 0.717) is 19.5 Å². The highest BCUT2D eigenvalue weighted by Crippen LogP contribution is 2.34. The first kappa shape index (κ1) is 18.3. The molecule has 0 aromatic heterocycles. The van der Waals surface area contributed by atoms with Crippen molar-refractivity contribution in [3.05, 3.63) is 0 Å². The average Bonchev–Trinajstić information content (AvgIpc) is 2.59. The standard InChI is InChI=1S/C15H26F3NO2/c1-10(2)13(15(16,17)18)19-7-6-11(9-19)8-12(20)21-14(3,4)5/h10-11,13H,6-9H2,1-5H3. The first-order valence-electron chi connectivity index (χ1n) is 7.42. The Labute approximate surface area is 124 Å². The monoisotopic (exact) mass is 309 g/mol. The van der Waals surface area contributed by atoms with Crippen molar-refractivity contribution >= 4 is 5.97 Å². The number of carbonyl (C=O) groups excluding carboxylic acids is 1. The molecule has 1 heterocycles. The van der Waals surface area contributed by atoms with Crippen LogP contribution in [0.4, 0.5) is 13.2 Å². The Morgan fingerprint density at radius 1 is 1.29 bits per heavy atom. The molecule has 2 atom stereocenters. The third-order valence-corrected chi connectivity index (χ3v) is 3.55. The molecule has 2 unspecified atom stereocenters. The summed E-state index contributed by atoms with van der Waals surface area (Å²) >= 11 is 0. The highest BCUT2D eigenvalue weighted by Gasteiger charge is 2.47. The van der Waals surface area contributed by atoms with Gasteiger partial charge in [0.1, 0.15) is 11.6 Å². The topological polar surface area (TPSA) is 29.5 Å². The smallest absolute Gasteiger partial charge is 0.404 e. The number of hydrogen-bond acceptors (Lipinski definition) is 3. The minimum Gasteiger partial charge on any atom is -0.460 e. The molecule has 1 saturated heterocycles. The summed E-state index contributed by atoms with van der Waals surface area (Å²) in [6, 6.07) is -1.43. The first-order chi connectivity index (χ1) is 9.40. The summed E-state index contributed by atoms with van der Waals surface area (Å²) in [4.78, 5) is 13.2. The van der Waals surface area contributed by atoms with E-state index in [1.54, 1.807) is 34.6 Å². The van der Waals surface area contributed by atoms with Gasteiger partial charge in [-0.3, -0.25) is 9.69 Å². The number of rotatable bonds is 4. The summed E-state index contributed by atoms with van der Waals surface area (Å²) in [6.45, 7) is 9.20. The van der Waals surface area contributed by atoms with Gasteiger partial charge in [-0.05, 0) is 45.6 Å². The Hall–Kier alpha value is -0.780. The first-order valence-corrected chi connectivity index (χ1v) is 7.42. The number of carbonyl (C=O) groups is 1. The molecule has 0 amide bonds. The van der Waals surface area contributed by atoms with Crippen LogP contribution in [0.1, 0.15) is 47.5 Å². The van der Waals surface area contributed by atoms with E-state index in [-0.39, 0.29) is 18.3 Å². The molecule has 3 nitrogen and oxygen atoms in total. The van der Waals surface area contributed by atoms with E-state index in [0.717, 1.165) is 0 Å². The van der Waals surface area contributed by atoms with E-state index < -0.39 is 23.7 Å². The van der Waals surface area contributed by atoms with Crippen molar-refractivity contribution < 1.29 is 22.7 Å². The fraction of sp³-hybridized carbons (Fsp3) is 0.933. The van der Waals surface area contributed by atoms with Gasteiger partial charge >= 0.3 is 12.1 Å². The third-order valence-electron chi connectivity index (χ3n) is 3.55. The van der Waals surface area contributed by atoms with Crippen LogP contribution in [0.2, 0.25) is 0 Å². The lowest BCUT2D eigenvalue weighted by Crippen LogP contribution is -2.48. The Bertz CT molecular complexity index is 361. The number of hydrogen-bond donors (Lipinski definition) is 0. The Morgan fingerprint density at radius 3 is 2.29 bits per heavy atom. The van der Waals surface area contributed by atoms with Crippen molar-refractivity contribution in [2.45, 2.75) is 65.3 Å². The van der Waals surface area contributed by atoms with Crippen molar-refractivity contribution in [2.24, 2.45) is 11.8 Å². The van der Waals surface area contributed by atoms with Gasteiger partial charge in [-0.15, -0.1) is 0 Å². The molecule has 0 saturated carbocycles. The third kappa shape index (κ3) is 5.85. The van der Waals surface area contributed by atoms with E-state index in [9.17, 15) is 18.0 Å². The minimum absolute atomic E-state index is 0.0524. The van der Waals surface area contributed by atoms with Crippen LogP contribution in [-0.4, -0.2) is 41.8 Å². The van der Waals surface area contributed by atoms with Gasteiger partial charge < -0.3 is 4.74 Å². The summed E-state index contributed by atoms with van der Waals surface area (Å²) < 4.78 is 44.5. The van der Waals surface area contributed by atoms with E-state index in [2.05, 4.69) is 0 Å². The molecule has 0 bridgehead atoms. The van der Waals surface area contributed by atoms with Gasteiger partial charge in [-0.25, -0.2) is 0 Å². The van der Waals surface area contributed by atoms with E-state index in [4.69, 9.17) is 4.74 Å². The van der Waals surface area contributed by atoms with Crippen molar-refractivity contribution in [3.8, 4) is 0 Å². The second-order valence-corrected chi connectivity index (χ2v) is 7.17. The van der Waals surface area contributed by atoms with Gasteiger partial charge in [-0.2, -0.15) is 13.2 Å². The molecule has 0 aromatic rings. The van der Waals surface area contributed by atoms with Crippen molar-refractivity contribution in [1.82, 2.24) is 4.90 Å². The highest BCUT2D eigenvalue weighted by atomic mass is 19.4. The summed E-state index contributed by atoms with van der Waals surface area (Å²) in [6.07, 6.45) is -3.43. The van der Waals surface area contributed by atoms with Crippen LogP contribution in [0.25, 0.3) is 0 Å². The maximum atomic E-state index is 13.1. The summed E-state index contributed by atoms with van der Waals surface area (Å²) in [7, 11) is 0. The normalized spacial score (nSPS) is 22.6. The molecule has 1 aliphatic heterocycles.